The zero-order chi connectivity index (χ0) is 15.0. The molecule has 0 radical (unpaired) electrons. The third-order valence-corrected chi connectivity index (χ3v) is 3.20. The van der Waals surface area contributed by atoms with E-state index >= 15 is 0 Å². The van der Waals surface area contributed by atoms with Crippen molar-refractivity contribution in [3.8, 4) is 0 Å². The average molecular weight is 284 g/mol. The van der Waals surface area contributed by atoms with Crippen LogP contribution in [0, 0.1) is 0 Å². The molecule has 3 aromatic rings. The molecule has 0 bridgehead atoms. The van der Waals surface area contributed by atoms with E-state index in [1.807, 2.05) is 72.8 Å². The summed E-state index contributed by atoms with van der Waals surface area (Å²) < 4.78 is 0. The Morgan fingerprint density at radius 3 is 1.50 bits per heavy atom. The normalized spacial score (nSPS) is 11.3. The van der Waals surface area contributed by atoms with E-state index in [-0.39, 0.29) is 0 Å². The van der Waals surface area contributed by atoms with Gasteiger partial charge in [0.25, 0.3) is 0 Å². The van der Waals surface area contributed by atoms with Gasteiger partial charge in [0.1, 0.15) is 0 Å². The SMILES string of the molecule is C(=C\c1ccc(N=Nc2ccccc2)cc1)/c1ccccc1. The van der Waals surface area contributed by atoms with Crippen LogP contribution in [0.3, 0.4) is 0 Å². The summed E-state index contributed by atoms with van der Waals surface area (Å²) in [7, 11) is 0. The summed E-state index contributed by atoms with van der Waals surface area (Å²) in [4.78, 5) is 0. The fourth-order valence-electron chi connectivity index (χ4n) is 2.02. The fourth-order valence-corrected chi connectivity index (χ4v) is 2.02. The number of nitrogens with zero attached hydrogens (tertiary/aromatic N) is 2. The molecule has 0 fully saturated rings. The minimum absolute atomic E-state index is 0.848. The summed E-state index contributed by atoms with van der Waals surface area (Å²) >= 11 is 0. The molecule has 3 aromatic carbocycles. The van der Waals surface area contributed by atoms with Crippen LogP contribution in [-0.4, -0.2) is 0 Å². The number of hydrogen-bond acceptors (Lipinski definition) is 2. The molecule has 0 heterocycles. The van der Waals surface area contributed by atoms with Crippen LogP contribution in [0.15, 0.2) is 95.2 Å². The Bertz CT molecular complexity index is 689. The molecule has 3 rings (SSSR count). The van der Waals surface area contributed by atoms with E-state index in [1.165, 1.54) is 5.56 Å². The second-order valence-corrected chi connectivity index (χ2v) is 4.87. The van der Waals surface area contributed by atoms with Gasteiger partial charge in [0.15, 0.2) is 0 Å². The predicted molar refractivity (Wildman–Crippen MR) is 92.4 cm³/mol. The Hall–Kier alpha value is -3.00. The molecule has 0 saturated carbocycles. The quantitative estimate of drug-likeness (QED) is 0.398. The van der Waals surface area contributed by atoms with Gasteiger partial charge in [-0.15, -0.1) is 0 Å². The summed E-state index contributed by atoms with van der Waals surface area (Å²) in [5, 5.41) is 8.44. The summed E-state index contributed by atoms with van der Waals surface area (Å²) in [6.45, 7) is 0. The highest BCUT2D eigenvalue weighted by molar-refractivity contribution is 5.70. The lowest BCUT2D eigenvalue weighted by molar-refractivity contribution is 1.23. The lowest BCUT2D eigenvalue weighted by Gasteiger charge is -1.96. The molecular weight excluding hydrogens is 268 g/mol. The van der Waals surface area contributed by atoms with Crippen molar-refractivity contribution in [2.24, 2.45) is 10.2 Å². The van der Waals surface area contributed by atoms with Gasteiger partial charge in [-0.05, 0) is 35.4 Å². The highest BCUT2D eigenvalue weighted by Gasteiger charge is 1.91. The Balaban J connectivity index is 1.68. The highest BCUT2D eigenvalue weighted by Crippen LogP contribution is 2.19. The van der Waals surface area contributed by atoms with E-state index < -0.39 is 0 Å². The molecule has 0 aliphatic carbocycles. The highest BCUT2D eigenvalue weighted by atomic mass is 15.1. The zero-order valence-electron chi connectivity index (χ0n) is 12.1. The Morgan fingerprint density at radius 1 is 0.455 bits per heavy atom. The first-order valence-corrected chi connectivity index (χ1v) is 7.20. The van der Waals surface area contributed by atoms with Crippen LogP contribution in [0.25, 0.3) is 12.2 Å². The average Bonchev–Trinajstić information content (AvgIpc) is 2.61. The molecule has 2 heteroatoms. The molecule has 0 unspecified atom stereocenters. The van der Waals surface area contributed by atoms with Crippen molar-refractivity contribution in [2.45, 2.75) is 0 Å². The van der Waals surface area contributed by atoms with E-state index in [9.17, 15) is 0 Å². The standard InChI is InChI=1S/C20H16N2/c1-3-7-17(8-4-1)11-12-18-13-15-20(16-14-18)22-21-19-9-5-2-6-10-19/h1-16H/b12-11+,22-21?. The van der Waals surface area contributed by atoms with Crippen LogP contribution in [0.5, 0.6) is 0 Å². The Kier molecular flexibility index (Phi) is 4.53. The second-order valence-electron chi connectivity index (χ2n) is 4.87. The molecule has 0 spiro atoms. The first kappa shape index (κ1) is 14.0. The van der Waals surface area contributed by atoms with E-state index in [0.717, 1.165) is 16.9 Å². The molecule has 106 valence electrons. The number of hydrogen-bond donors (Lipinski definition) is 0. The summed E-state index contributed by atoms with van der Waals surface area (Å²) in [5.74, 6) is 0. The van der Waals surface area contributed by atoms with E-state index in [1.54, 1.807) is 0 Å². The maximum absolute atomic E-state index is 4.24. The third-order valence-electron chi connectivity index (χ3n) is 3.20. The van der Waals surface area contributed by atoms with Gasteiger partial charge >= 0.3 is 0 Å². The summed E-state index contributed by atoms with van der Waals surface area (Å²) in [5.41, 5.74) is 4.04. The summed E-state index contributed by atoms with van der Waals surface area (Å²) in [6.07, 6.45) is 4.19. The third kappa shape index (κ3) is 4.00. The number of benzene rings is 3. The van der Waals surface area contributed by atoms with Gasteiger partial charge in [-0.3, -0.25) is 0 Å². The number of azo groups is 1. The maximum Gasteiger partial charge on any atom is 0.0857 e. The Morgan fingerprint density at radius 2 is 0.909 bits per heavy atom. The minimum Gasteiger partial charge on any atom is -0.151 e. The molecule has 0 atom stereocenters. The largest absolute Gasteiger partial charge is 0.151 e. The van der Waals surface area contributed by atoms with Gasteiger partial charge in [0.2, 0.25) is 0 Å². The van der Waals surface area contributed by atoms with E-state index in [0.29, 0.717) is 0 Å². The molecule has 0 N–H and O–H groups in total. The van der Waals surface area contributed by atoms with Crippen LogP contribution in [0.2, 0.25) is 0 Å². The van der Waals surface area contributed by atoms with Gasteiger partial charge in [-0.25, -0.2) is 0 Å². The molecule has 0 saturated heterocycles. The maximum atomic E-state index is 4.24. The van der Waals surface area contributed by atoms with E-state index in [4.69, 9.17) is 0 Å². The van der Waals surface area contributed by atoms with Crippen molar-refractivity contribution in [3.05, 3.63) is 96.1 Å². The molecular formula is C20H16N2. The van der Waals surface area contributed by atoms with Crippen molar-refractivity contribution in [1.29, 1.82) is 0 Å². The van der Waals surface area contributed by atoms with Crippen molar-refractivity contribution in [3.63, 3.8) is 0 Å². The molecule has 0 aromatic heterocycles. The lowest BCUT2D eigenvalue weighted by Crippen LogP contribution is -1.72. The van der Waals surface area contributed by atoms with Crippen LogP contribution >= 0.6 is 0 Å². The molecule has 0 amide bonds. The smallest absolute Gasteiger partial charge is 0.0857 e. The first-order chi connectivity index (χ1) is 10.9. The lowest BCUT2D eigenvalue weighted by atomic mass is 10.1. The van der Waals surface area contributed by atoms with E-state index in [2.05, 4.69) is 34.5 Å². The molecule has 0 aliphatic heterocycles. The van der Waals surface area contributed by atoms with Crippen LogP contribution < -0.4 is 0 Å². The van der Waals surface area contributed by atoms with Gasteiger partial charge < -0.3 is 0 Å². The van der Waals surface area contributed by atoms with Crippen LogP contribution in [0.1, 0.15) is 11.1 Å². The van der Waals surface area contributed by atoms with Crippen LogP contribution in [-0.2, 0) is 0 Å². The van der Waals surface area contributed by atoms with Crippen molar-refractivity contribution >= 4 is 23.5 Å². The zero-order valence-corrected chi connectivity index (χ0v) is 12.1. The van der Waals surface area contributed by atoms with Gasteiger partial charge in [0.05, 0.1) is 11.4 Å². The van der Waals surface area contributed by atoms with Crippen molar-refractivity contribution in [2.75, 3.05) is 0 Å². The first-order valence-electron chi connectivity index (χ1n) is 7.20. The number of rotatable bonds is 4. The van der Waals surface area contributed by atoms with Crippen molar-refractivity contribution in [1.82, 2.24) is 0 Å². The second kappa shape index (κ2) is 7.14. The summed E-state index contributed by atoms with van der Waals surface area (Å²) in [6, 6.07) is 28.0. The van der Waals surface area contributed by atoms with Gasteiger partial charge in [0, 0.05) is 0 Å². The predicted octanol–water partition coefficient (Wildman–Crippen LogP) is 6.27. The molecule has 2 nitrogen and oxygen atoms in total. The van der Waals surface area contributed by atoms with Crippen molar-refractivity contribution < 1.29 is 0 Å². The topological polar surface area (TPSA) is 24.7 Å². The molecule has 0 aliphatic rings. The minimum atomic E-state index is 0.848. The monoisotopic (exact) mass is 284 g/mol. The van der Waals surface area contributed by atoms with Gasteiger partial charge in [-0.2, -0.15) is 10.2 Å². The molecule has 22 heavy (non-hydrogen) atoms. The van der Waals surface area contributed by atoms with Crippen LogP contribution in [0.4, 0.5) is 11.4 Å². The fraction of sp³-hybridized carbons (Fsp3) is 0. The van der Waals surface area contributed by atoms with Gasteiger partial charge in [-0.1, -0.05) is 72.8 Å². The Labute approximate surface area is 130 Å².